The Morgan fingerprint density at radius 3 is 2.11 bits per heavy atom. The molecule has 1 aliphatic carbocycles. The molecule has 0 spiro atoms. The molecule has 0 radical (unpaired) electrons. The van der Waals surface area contributed by atoms with Gasteiger partial charge in [-0.25, -0.2) is 39.5 Å². The summed E-state index contributed by atoms with van der Waals surface area (Å²) in [7, 11) is -14.2. The molecule has 0 bridgehead atoms. The van der Waals surface area contributed by atoms with Gasteiger partial charge in [0.1, 0.15) is 30.4 Å². The Bertz CT molecular complexity index is 4030. The number of carbonyl (C=O) groups excluding carboxylic acids is 3. The molecule has 1 aliphatic rings. The number of anilines is 1. The molecule has 3 atom stereocenters. The van der Waals surface area contributed by atoms with E-state index in [1.54, 1.807) is 0 Å². The van der Waals surface area contributed by atoms with Crippen LogP contribution in [0.2, 0.25) is 5.02 Å². The maximum absolute atomic E-state index is 16.0. The minimum Gasteiger partial charge on any atom is -0.481 e. The molecule has 0 unspecified atom stereocenters. The lowest BCUT2D eigenvalue weighted by atomic mass is 9.93. The molecule has 484 valence electrons. The fraction of sp³-hybridized carbons (Fsp3) is 0.415. The Hall–Kier alpha value is -7.23. The fourth-order valence-electron chi connectivity index (χ4n) is 9.88. The van der Waals surface area contributed by atoms with E-state index in [1.807, 2.05) is 0 Å². The van der Waals surface area contributed by atoms with E-state index in [0.29, 0.717) is 17.2 Å². The predicted molar refractivity (Wildman–Crippen MR) is 296 cm³/mol. The SMILES string of the molecule is C[C@@H]1c2c(C(F)(F)F)nn(CC(=O)N[C@@H](Cc3cc(F)cc(F)c3)c3nc(CCC(C)(C)S(C)(=O)=O)ccc3-c3ccc(Cl)c4c(N(C(=O)c5ccccc5CN(CCC(=O)O)C(=O)OCOP(=O)(O)O)S(C)(=O)=O)nn(CC(F)(F)F)c34)c2C(F)(F)[C@@H]1C. The number of benzene rings is 3. The quantitative estimate of drug-likeness (QED) is 0.0264. The number of aliphatic carboxylic acids is 1. The number of fused-ring (bicyclic) bond motifs is 2. The van der Waals surface area contributed by atoms with Crippen molar-refractivity contribution in [3.63, 3.8) is 0 Å². The Morgan fingerprint density at radius 1 is 0.899 bits per heavy atom. The highest BCUT2D eigenvalue weighted by Gasteiger charge is 2.57. The van der Waals surface area contributed by atoms with Crippen LogP contribution in [0.3, 0.4) is 0 Å². The smallest absolute Gasteiger partial charge is 0.472 e. The van der Waals surface area contributed by atoms with E-state index in [-0.39, 0.29) is 48.9 Å². The summed E-state index contributed by atoms with van der Waals surface area (Å²) in [5.74, 6) is -15.1. The standard InChI is InChI=1S/C53H54ClF10N8O14PS2/c1-27-28(2)52(60,61)46-41(27)45(53(62,63)64)67-70(46)24-39(73)66-38(21-29-19-31(55)22-32(56)20-29)43-35(12-11-33(65-43)15-17-50(3,4)88(5,81)82)36-13-14-37(54)42-44(36)71(25-51(57,58)59)68-47(42)72(89(6,83)84)48(76)34-10-8-7-9-30(34)23-69(18-16-40(74)75)49(77)85-26-86-87(78,79)80/h7-14,19-20,22,27-28,38H,15-18,21,23-26H2,1-6H3,(H,66,73)(H,74,75)(H2,78,79,80)/t27-,28+,38-/m0/s1. The van der Waals surface area contributed by atoms with Crippen LogP contribution in [-0.2, 0) is 87.9 Å². The first-order valence-electron chi connectivity index (χ1n) is 26.1. The third-order valence-electron chi connectivity index (χ3n) is 14.7. The van der Waals surface area contributed by atoms with Crippen LogP contribution in [0, 0.1) is 17.6 Å². The van der Waals surface area contributed by atoms with E-state index in [4.69, 9.17) is 31.1 Å². The summed E-state index contributed by atoms with van der Waals surface area (Å²) in [5.41, 5.74) is -7.12. The molecule has 7 rings (SSSR count). The van der Waals surface area contributed by atoms with Crippen LogP contribution in [0.5, 0.6) is 0 Å². The fourth-order valence-corrected chi connectivity index (χ4v) is 11.6. The van der Waals surface area contributed by atoms with E-state index in [9.17, 15) is 72.0 Å². The number of aromatic nitrogens is 5. The number of rotatable bonds is 23. The van der Waals surface area contributed by atoms with Gasteiger partial charge in [0.25, 0.3) is 11.8 Å². The lowest BCUT2D eigenvalue weighted by Gasteiger charge is -2.25. The van der Waals surface area contributed by atoms with Gasteiger partial charge in [-0.1, -0.05) is 55.8 Å². The maximum atomic E-state index is 16.0. The van der Waals surface area contributed by atoms with Crippen molar-refractivity contribution in [1.29, 1.82) is 0 Å². The zero-order valence-electron chi connectivity index (χ0n) is 47.3. The van der Waals surface area contributed by atoms with Crippen molar-refractivity contribution < 1.29 is 109 Å². The number of phosphoric acid groups is 1. The summed E-state index contributed by atoms with van der Waals surface area (Å²) in [6.45, 7) is -1.56. The molecule has 0 saturated heterocycles. The number of nitrogens with zero attached hydrogens (tertiary/aromatic N) is 7. The molecule has 0 fully saturated rings. The van der Waals surface area contributed by atoms with Gasteiger partial charge in [-0.05, 0) is 80.5 Å². The zero-order valence-corrected chi connectivity index (χ0v) is 50.6. The first kappa shape index (κ1) is 69.2. The van der Waals surface area contributed by atoms with Crippen molar-refractivity contribution in [2.45, 2.75) is 108 Å². The molecular weight excluding hydrogens is 1290 g/mol. The second-order valence-electron chi connectivity index (χ2n) is 21.5. The number of carboxylic acid groups (broad SMARTS) is 1. The van der Waals surface area contributed by atoms with Crippen LogP contribution in [0.1, 0.15) is 102 Å². The Morgan fingerprint density at radius 2 is 1.53 bits per heavy atom. The summed E-state index contributed by atoms with van der Waals surface area (Å²) in [6, 6.07) is 9.24. The number of sulfone groups is 1. The third-order valence-corrected chi connectivity index (χ3v) is 18.6. The van der Waals surface area contributed by atoms with Crippen LogP contribution in [0.4, 0.5) is 54.5 Å². The van der Waals surface area contributed by atoms with Crippen molar-refractivity contribution >= 4 is 79.9 Å². The minimum absolute atomic E-state index is 0.0288. The highest BCUT2D eigenvalue weighted by molar-refractivity contribution is 7.93. The van der Waals surface area contributed by atoms with Gasteiger partial charge in [0, 0.05) is 59.3 Å². The molecule has 22 nitrogen and oxygen atoms in total. The number of sulfonamides is 1. The normalized spacial score (nSPS) is 15.9. The molecule has 3 aromatic heterocycles. The van der Waals surface area contributed by atoms with Crippen molar-refractivity contribution in [2.75, 3.05) is 30.2 Å². The highest BCUT2D eigenvalue weighted by Crippen LogP contribution is 2.55. The number of alkyl halides is 8. The largest absolute Gasteiger partial charge is 0.481 e. The summed E-state index contributed by atoms with van der Waals surface area (Å²) in [5, 5.41) is 18.0. The highest BCUT2D eigenvalue weighted by atomic mass is 35.5. The summed E-state index contributed by atoms with van der Waals surface area (Å²) >= 11 is 6.80. The van der Waals surface area contributed by atoms with Gasteiger partial charge in [-0.2, -0.15) is 49.6 Å². The number of ether oxygens (including phenoxy) is 1. The second kappa shape index (κ2) is 25.6. The number of amides is 3. The summed E-state index contributed by atoms with van der Waals surface area (Å²) in [6.07, 6.45) is -12.7. The van der Waals surface area contributed by atoms with E-state index in [0.717, 1.165) is 56.5 Å². The van der Waals surface area contributed by atoms with Crippen molar-refractivity contribution in [2.24, 2.45) is 5.92 Å². The van der Waals surface area contributed by atoms with Crippen LogP contribution in [0.25, 0.3) is 22.0 Å². The molecule has 89 heavy (non-hydrogen) atoms. The van der Waals surface area contributed by atoms with E-state index < -0.39 is 205 Å². The van der Waals surface area contributed by atoms with Gasteiger partial charge in [-0.3, -0.25) is 28.7 Å². The summed E-state index contributed by atoms with van der Waals surface area (Å²) in [4.78, 5) is 77.6. The van der Waals surface area contributed by atoms with Crippen molar-refractivity contribution in [1.82, 2.24) is 34.8 Å². The van der Waals surface area contributed by atoms with Gasteiger partial charge < -0.3 is 29.8 Å². The minimum atomic E-state index is -5.31. The topological polar surface area (TPSA) is 300 Å². The number of hydrogen-bond acceptors (Lipinski definition) is 14. The first-order valence-corrected chi connectivity index (χ1v) is 31.8. The van der Waals surface area contributed by atoms with Crippen LogP contribution >= 0.6 is 19.4 Å². The molecule has 3 aromatic carbocycles. The lowest BCUT2D eigenvalue weighted by molar-refractivity contribution is -0.143. The number of halogens is 11. The zero-order chi connectivity index (χ0) is 66.5. The van der Waals surface area contributed by atoms with Crippen LogP contribution < -0.4 is 9.62 Å². The van der Waals surface area contributed by atoms with Crippen molar-refractivity contribution in [3.8, 4) is 11.1 Å². The number of pyridine rings is 1. The maximum Gasteiger partial charge on any atom is 0.472 e. The number of aryl methyl sites for hydroxylation is 1. The monoisotopic (exact) mass is 1350 g/mol. The number of hydrogen-bond donors (Lipinski definition) is 4. The number of carboxylic acids is 1. The van der Waals surface area contributed by atoms with Gasteiger partial charge in [0.2, 0.25) is 22.7 Å². The Kier molecular flexibility index (Phi) is 19.9. The van der Waals surface area contributed by atoms with Crippen LogP contribution in [0.15, 0.2) is 66.7 Å². The average molecular weight is 1350 g/mol. The average Bonchev–Trinajstić information content (AvgIpc) is 1.62. The molecular formula is C53H54ClF10N8O14PS2. The molecule has 6 aromatic rings. The Balaban J connectivity index is 1.46. The first-order chi connectivity index (χ1) is 40.9. The molecule has 36 heteroatoms. The number of phosphoric ester groups is 1. The number of nitrogens with one attached hydrogen (secondary N) is 1. The van der Waals surface area contributed by atoms with Gasteiger partial charge in [-0.15, -0.1) is 0 Å². The Labute approximate surface area is 504 Å². The molecule has 0 saturated carbocycles. The lowest BCUT2D eigenvalue weighted by Crippen LogP contribution is -2.38. The third kappa shape index (κ3) is 15.9. The molecule has 3 heterocycles. The van der Waals surface area contributed by atoms with Crippen LogP contribution in [-0.4, -0.2) is 122 Å². The summed E-state index contributed by atoms with van der Waals surface area (Å²) < 4.78 is 223. The van der Waals surface area contributed by atoms with Gasteiger partial charge in [0.05, 0.1) is 45.1 Å². The number of carbonyl (C=O) groups is 4. The second-order valence-corrected chi connectivity index (χ2v) is 27.6. The van der Waals surface area contributed by atoms with E-state index >= 15 is 17.6 Å². The molecule has 0 aliphatic heterocycles. The molecule has 3 amide bonds. The van der Waals surface area contributed by atoms with Gasteiger partial charge >= 0.3 is 32.2 Å². The predicted octanol–water partition coefficient (Wildman–Crippen LogP) is 9.59. The molecule has 4 N–H and O–H groups in total. The van der Waals surface area contributed by atoms with Crippen molar-refractivity contribution in [3.05, 3.63) is 128 Å². The van der Waals surface area contributed by atoms with Gasteiger partial charge in [0.15, 0.2) is 21.3 Å². The van der Waals surface area contributed by atoms with E-state index in [1.165, 1.54) is 38.1 Å². The van der Waals surface area contributed by atoms with E-state index in [2.05, 4.69) is 20.0 Å².